The van der Waals surface area contributed by atoms with Crippen LogP contribution in [0.5, 0.6) is 0 Å². The summed E-state index contributed by atoms with van der Waals surface area (Å²) in [4.78, 5) is 14.4. The molecule has 1 aliphatic heterocycles. The summed E-state index contributed by atoms with van der Waals surface area (Å²) in [6.07, 6.45) is 2.56. The Morgan fingerprint density at radius 2 is 2.21 bits per heavy atom. The van der Waals surface area contributed by atoms with Crippen LogP contribution in [-0.4, -0.2) is 47.9 Å². The molecule has 0 aliphatic carbocycles. The molecule has 7 nitrogen and oxygen atoms in total. The van der Waals surface area contributed by atoms with E-state index in [1.165, 1.54) is 16.4 Å². The number of carboxylic acids is 1. The zero-order valence-corrected chi connectivity index (χ0v) is 11.0. The highest BCUT2D eigenvalue weighted by molar-refractivity contribution is 7.89. The monoisotopic (exact) mass is 285 g/mol. The molecule has 1 aromatic heterocycles. The van der Waals surface area contributed by atoms with Gasteiger partial charge < -0.3 is 10.8 Å². The molecular formula is C11H15N3O4S. The molecule has 2 rings (SSSR count). The fourth-order valence-electron chi connectivity index (χ4n) is 1.98. The van der Waals surface area contributed by atoms with Crippen LogP contribution in [0.1, 0.15) is 23.2 Å². The molecule has 8 heteroatoms. The van der Waals surface area contributed by atoms with Crippen LogP contribution in [0.4, 0.5) is 0 Å². The molecule has 2 heterocycles. The van der Waals surface area contributed by atoms with Gasteiger partial charge in [0.05, 0.1) is 5.56 Å². The number of aromatic carboxylic acids is 1. The van der Waals surface area contributed by atoms with E-state index in [9.17, 15) is 13.2 Å². The van der Waals surface area contributed by atoms with Crippen LogP contribution in [0, 0.1) is 0 Å². The number of pyridine rings is 1. The molecule has 104 valence electrons. The van der Waals surface area contributed by atoms with E-state index in [1.54, 1.807) is 0 Å². The lowest BCUT2D eigenvalue weighted by Crippen LogP contribution is -2.45. The average molecular weight is 285 g/mol. The lowest BCUT2D eigenvalue weighted by Gasteiger charge is -2.29. The number of hydrogen-bond acceptors (Lipinski definition) is 5. The minimum atomic E-state index is -3.69. The molecule has 1 fully saturated rings. The van der Waals surface area contributed by atoms with E-state index in [0.29, 0.717) is 13.0 Å². The summed E-state index contributed by atoms with van der Waals surface area (Å²) in [6.45, 7) is 0.684. The second kappa shape index (κ2) is 5.24. The third kappa shape index (κ3) is 2.91. The van der Waals surface area contributed by atoms with Crippen molar-refractivity contribution in [3.05, 3.63) is 23.9 Å². The van der Waals surface area contributed by atoms with Crippen LogP contribution < -0.4 is 5.73 Å². The summed E-state index contributed by atoms with van der Waals surface area (Å²) in [5.74, 6) is -1.14. The molecule has 1 unspecified atom stereocenters. The maximum Gasteiger partial charge on any atom is 0.337 e. The predicted molar refractivity (Wildman–Crippen MR) is 67.2 cm³/mol. The summed E-state index contributed by atoms with van der Waals surface area (Å²) in [6, 6.07) is 2.27. The van der Waals surface area contributed by atoms with Gasteiger partial charge in [-0.1, -0.05) is 0 Å². The Hall–Kier alpha value is -1.51. The van der Waals surface area contributed by atoms with Crippen molar-refractivity contribution >= 4 is 16.0 Å². The van der Waals surface area contributed by atoms with Gasteiger partial charge in [-0.3, -0.25) is 0 Å². The van der Waals surface area contributed by atoms with E-state index in [-0.39, 0.29) is 23.2 Å². The molecule has 0 amide bonds. The van der Waals surface area contributed by atoms with Gasteiger partial charge in [-0.25, -0.2) is 18.2 Å². The number of nitrogens with zero attached hydrogens (tertiary/aromatic N) is 2. The number of nitrogens with two attached hydrogens (primary N) is 1. The van der Waals surface area contributed by atoms with E-state index in [0.717, 1.165) is 12.6 Å². The van der Waals surface area contributed by atoms with Gasteiger partial charge in [0.2, 0.25) is 0 Å². The smallest absolute Gasteiger partial charge is 0.337 e. The fraction of sp³-hybridized carbons (Fsp3) is 0.455. The Balaban J connectivity index is 2.26. The van der Waals surface area contributed by atoms with Gasteiger partial charge in [-0.15, -0.1) is 0 Å². The molecule has 1 saturated heterocycles. The van der Waals surface area contributed by atoms with Gasteiger partial charge in [-0.2, -0.15) is 4.31 Å². The summed E-state index contributed by atoms with van der Waals surface area (Å²) in [7, 11) is -3.69. The normalized spacial score (nSPS) is 21.2. The van der Waals surface area contributed by atoms with Crippen molar-refractivity contribution in [2.75, 3.05) is 13.1 Å². The molecular weight excluding hydrogens is 270 g/mol. The minimum absolute atomic E-state index is 0.0469. The number of carbonyl (C=O) groups is 1. The van der Waals surface area contributed by atoms with Crippen molar-refractivity contribution in [2.45, 2.75) is 23.9 Å². The Morgan fingerprint density at radius 1 is 1.47 bits per heavy atom. The molecule has 1 aromatic rings. The highest BCUT2D eigenvalue weighted by Crippen LogP contribution is 2.18. The summed E-state index contributed by atoms with van der Waals surface area (Å²) < 4.78 is 25.8. The van der Waals surface area contributed by atoms with Gasteiger partial charge in [0.15, 0.2) is 5.03 Å². The molecule has 0 saturated carbocycles. The Labute approximate surface area is 111 Å². The highest BCUT2D eigenvalue weighted by atomic mass is 32.2. The van der Waals surface area contributed by atoms with E-state index in [1.807, 2.05) is 0 Å². The van der Waals surface area contributed by atoms with Gasteiger partial charge in [0.1, 0.15) is 0 Å². The van der Waals surface area contributed by atoms with E-state index >= 15 is 0 Å². The number of hydrogen-bond donors (Lipinski definition) is 2. The second-order valence-corrected chi connectivity index (χ2v) is 6.34. The number of aromatic nitrogens is 1. The van der Waals surface area contributed by atoms with Gasteiger partial charge in [-0.05, 0) is 25.0 Å². The quantitative estimate of drug-likeness (QED) is 0.801. The zero-order valence-electron chi connectivity index (χ0n) is 10.2. The molecule has 0 radical (unpaired) electrons. The van der Waals surface area contributed by atoms with Crippen molar-refractivity contribution in [3.63, 3.8) is 0 Å². The fourth-order valence-corrected chi connectivity index (χ4v) is 3.43. The molecule has 0 aromatic carbocycles. The molecule has 1 aliphatic rings. The van der Waals surface area contributed by atoms with Crippen molar-refractivity contribution < 1.29 is 18.3 Å². The number of piperidine rings is 1. The third-order valence-corrected chi connectivity index (χ3v) is 4.79. The van der Waals surface area contributed by atoms with E-state index in [2.05, 4.69) is 4.98 Å². The van der Waals surface area contributed by atoms with Crippen LogP contribution in [0.2, 0.25) is 0 Å². The molecule has 3 N–H and O–H groups in total. The summed E-state index contributed by atoms with van der Waals surface area (Å²) in [5.41, 5.74) is 5.71. The Kier molecular flexibility index (Phi) is 3.83. The molecule has 1 atom stereocenters. The largest absolute Gasteiger partial charge is 0.478 e. The first-order chi connectivity index (χ1) is 8.91. The highest BCUT2D eigenvalue weighted by Gasteiger charge is 2.29. The van der Waals surface area contributed by atoms with E-state index in [4.69, 9.17) is 10.8 Å². The molecule has 19 heavy (non-hydrogen) atoms. The SMILES string of the molecule is NC1CCCN(S(=O)(=O)c2ccc(C(=O)O)cn2)C1. The maximum absolute atomic E-state index is 12.3. The van der Waals surface area contributed by atoms with Gasteiger partial charge in [0.25, 0.3) is 10.0 Å². The van der Waals surface area contributed by atoms with Crippen molar-refractivity contribution in [3.8, 4) is 0 Å². The average Bonchev–Trinajstić information content (AvgIpc) is 2.39. The van der Waals surface area contributed by atoms with Crippen LogP contribution in [0.3, 0.4) is 0 Å². The molecule has 0 bridgehead atoms. The first-order valence-electron chi connectivity index (χ1n) is 5.86. The standard InChI is InChI=1S/C11H15N3O4S/c12-9-2-1-5-14(7-9)19(17,18)10-4-3-8(6-13-10)11(15)16/h3-4,6,9H,1-2,5,7,12H2,(H,15,16). The lowest BCUT2D eigenvalue weighted by atomic mass is 10.1. The molecule has 0 spiro atoms. The van der Waals surface area contributed by atoms with E-state index < -0.39 is 16.0 Å². The zero-order chi connectivity index (χ0) is 14.0. The first-order valence-corrected chi connectivity index (χ1v) is 7.30. The first kappa shape index (κ1) is 13.9. The Bertz CT molecular complexity index is 570. The Morgan fingerprint density at radius 3 is 2.74 bits per heavy atom. The van der Waals surface area contributed by atoms with Crippen molar-refractivity contribution in [1.82, 2.24) is 9.29 Å². The summed E-state index contributed by atoms with van der Waals surface area (Å²) >= 11 is 0. The number of sulfonamides is 1. The number of rotatable bonds is 3. The lowest BCUT2D eigenvalue weighted by molar-refractivity contribution is 0.0696. The predicted octanol–water partition coefficient (Wildman–Crippen LogP) is -0.108. The van der Waals surface area contributed by atoms with Crippen LogP contribution in [0.25, 0.3) is 0 Å². The van der Waals surface area contributed by atoms with Gasteiger partial charge >= 0.3 is 5.97 Å². The topological polar surface area (TPSA) is 114 Å². The summed E-state index contributed by atoms with van der Waals surface area (Å²) in [5, 5.41) is 8.60. The third-order valence-electron chi connectivity index (χ3n) is 3.01. The van der Waals surface area contributed by atoms with Crippen molar-refractivity contribution in [2.24, 2.45) is 5.73 Å². The minimum Gasteiger partial charge on any atom is -0.478 e. The van der Waals surface area contributed by atoms with Crippen LogP contribution in [0.15, 0.2) is 23.4 Å². The van der Waals surface area contributed by atoms with Crippen LogP contribution in [-0.2, 0) is 10.0 Å². The second-order valence-electron chi connectivity index (χ2n) is 4.46. The number of carboxylic acid groups (broad SMARTS) is 1. The van der Waals surface area contributed by atoms with Crippen LogP contribution >= 0.6 is 0 Å². The maximum atomic E-state index is 12.3. The van der Waals surface area contributed by atoms with Crippen molar-refractivity contribution in [1.29, 1.82) is 0 Å². The van der Waals surface area contributed by atoms with Gasteiger partial charge in [0, 0.05) is 25.3 Å².